The number of imidazole rings is 1. The number of H-pyrrole nitrogens is 1. The average molecular weight is 557 g/mol. The number of unbranched alkanes of at least 4 members (excludes halogenated alkanes) is 1. The summed E-state index contributed by atoms with van der Waals surface area (Å²) < 4.78 is 8.34. The van der Waals surface area contributed by atoms with Crippen molar-refractivity contribution < 1.29 is 14.3 Å². The first kappa shape index (κ1) is 30.6. The summed E-state index contributed by atoms with van der Waals surface area (Å²) in [6.07, 6.45) is 3.56. The molecule has 1 unspecified atom stereocenters. The molecule has 2 amide bonds. The highest BCUT2D eigenvalue weighted by molar-refractivity contribution is 5.81. The molecule has 1 aromatic carbocycles. The molecular weight excluding hydrogens is 516 g/mol. The van der Waals surface area contributed by atoms with Crippen molar-refractivity contribution in [3.8, 4) is 17.1 Å². The van der Waals surface area contributed by atoms with Crippen molar-refractivity contribution in [3.05, 3.63) is 45.1 Å². The summed E-state index contributed by atoms with van der Waals surface area (Å²) in [4.78, 5) is 57.5. The fraction of sp³-hybridized carbons (Fsp3) is 0.519. The summed E-state index contributed by atoms with van der Waals surface area (Å²) in [7, 11) is 0. The highest BCUT2D eigenvalue weighted by Gasteiger charge is 2.17. The Morgan fingerprint density at radius 2 is 1.70 bits per heavy atom. The van der Waals surface area contributed by atoms with E-state index in [1.54, 1.807) is 24.3 Å². The van der Waals surface area contributed by atoms with E-state index in [4.69, 9.17) is 16.2 Å². The van der Waals surface area contributed by atoms with Gasteiger partial charge in [0.25, 0.3) is 11.5 Å². The van der Waals surface area contributed by atoms with Gasteiger partial charge in [0.05, 0.1) is 6.04 Å². The van der Waals surface area contributed by atoms with Gasteiger partial charge in [0.15, 0.2) is 12.3 Å². The van der Waals surface area contributed by atoms with E-state index in [-0.39, 0.29) is 42.8 Å². The summed E-state index contributed by atoms with van der Waals surface area (Å²) in [5.74, 6) is 0.337. The lowest BCUT2D eigenvalue weighted by Crippen LogP contribution is -2.44. The minimum atomic E-state index is -0.589. The number of ether oxygens (including phenoxy) is 1. The Kier molecular flexibility index (Phi) is 11.5. The van der Waals surface area contributed by atoms with Crippen molar-refractivity contribution in [2.45, 2.75) is 65.1 Å². The summed E-state index contributed by atoms with van der Waals surface area (Å²) in [5.41, 5.74) is 11.9. The monoisotopic (exact) mass is 556 g/mol. The minimum Gasteiger partial charge on any atom is -0.484 e. The second-order valence-corrected chi connectivity index (χ2v) is 9.52. The van der Waals surface area contributed by atoms with Crippen molar-refractivity contribution >= 4 is 23.0 Å². The Labute approximate surface area is 232 Å². The van der Waals surface area contributed by atoms with Crippen LogP contribution in [0.25, 0.3) is 22.6 Å². The molecule has 0 bridgehead atoms. The van der Waals surface area contributed by atoms with Gasteiger partial charge >= 0.3 is 5.69 Å². The maximum absolute atomic E-state index is 12.9. The maximum Gasteiger partial charge on any atom is 0.332 e. The van der Waals surface area contributed by atoms with Gasteiger partial charge in [-0.25, -0.2) is 9.78 Å². The largest absolute Gasteiger partial charge is 0.484 e. The number of hydrogen-bond acceptors (Lipinski definition) is 8. The minimum absolute atomic E-state index is 0.198. The SMILES string of the molecule is CCCn1c(=O)c2[nH]c(-c3ccc(OCC(=O)NCCNC(=O)C(N)CCCCN)cc3)nc2n(CCC)c1=O. The Morgan fingerprint density at radius 3 is 2.38 bits per heavy atom. The number of aryl methyl sites for hydroxylation is 1. The van der Waals surface area contributed by atoms with Crippen LogP contribution in [-0.2, 0) is 22.7 Å². The fourth-order valence-electron chi connectivity index (χ4n) is 4.22. The number of nitrogens with zero attached hydrogens (tertiary/aromatic N) is 3. The molecule has 0 spiro atoms. The number of aromatic amines is 1. The van der Waals surface area contributed by atoms with E-state index in [0.29, 0.717) is 60.8 Å². The molecule has 7 N–H and O–H groups in total. The van der Waals surface area contributed by atoms with Crippen LogP contribution in [0.2, 0.25) is 0 Å². The third-order valence-corrected chi connectivity index (χ3v) is 6.31. The Bertz CT molecular complexity index is 1390. The number of carbonyl (C=O) groups is 2. The van der Waals surface area contributed by atoms with Gasteiger partial charge in [-0.05, 0) is 56.5 Å². The number of carbonyl (C=O) groups excluding carboxylic acids is 2. The van der Waals surface area contributed by atoms with Gasteiger partial charge in [-0.3, -0.25) is 23.5 Å². The zero-order valence-corrected chi connectivity index (χ0v) is 23.2. The summed E-state index contributed by atoms with van der Waals surface area (Å²) >= 11 is 0. The second kappa shape index (κ2) is 15.0. The lowest BCUT2D eigenvalue weighted by molar-refractivity contribution is -0.124. The van der Waals surface area contributed by atoms with Crippen LogP contribution in [0.15, 0.2) is 33.9 Å². The number of nitrogens with one attached hydrogen (secondary N) is 3. The lowest BCUT2D eigenvalue weighted by atomic mass is 10.1. The number of amides is 2. The number of rotatable bonds is 16. The molecule has 0 saturated heterocycles. The lowest BCUT2D eigenvalue weighted by Gasteiger charge is -2.12. The quantitative estimate of drug-likeness (QED) is 0.157. The van der Waals surface area contributed by atoms with Gasteiger partial charge in [0.2, 0.25) is 5.91 Å². The normalized spacial score (nSPS) is 11.9. The van der Waals surface area contributed by atoms with Crippen LogP contribution < -0.4 is 38.1 Å². The van der Waals surface area contributed by atoms with E-state index in [1.165, 1.54) is 9.13 Å². The Morgan fingerprint density at radius 1 is 1.02 bits per heavy atom. The highest BCUT2D eigenvalue weighted by Crippen LogP contribution is 2.21. The number of nitrogens with two attached hydrogens (primary N) is 2. The summed E-state index contributed by atoms with van der Waals surface area (Å²) in [5, 5.41) is 5.38. The molecule has 218 valence electrons. The molecule has 40 heavy (non-hydrogen) atoms. The zero-order chi connectivity index (χ0) is 29.1. The molecule has 0 aliphatic rings. The molecule has 1 atom stereocenters. The van der Waals surface area contributed by atoms with Crippen LogP contribution in [0.3, 0.4) is 0 Å². The van der Waals surface area contributed by atoms with Gasteiger partial charge in [-0.1, -0.05) is 20.3 Å². The van der Waals surface area contributed by atoms with E-state index >= 15 is 0 Å². The predicted octanol–water partition coefficient (Wildman–Crippen LogP) is 0.441. The number of hydrogen-bond donors (Lipinski definition) is 5. The molecule has 0 aliphatic heterocycles. The van der Waals surface area contributed by atoms with Crippen LogP contribution in [0.4, 0.5) is 0 Å². The fourth-order valence-corrected chi connectivity index (χ4v) is 4.22. The first-order valence-electron chi connectivity index (χ1n) is 13.8. The van der Waals surface area contributed by atoms with Crippen molar-refractivity contribution in [1.82, 2.24) is 29.7 Å². The molecular formula is C27H40N8O5. The molecule has 2 heterocycles. The van der Waals surface area contributed by atoms with Gasteiger partial charge in [0.1, 0.15) is 17.1 Å². The third-order valence-electron chi connectivity index (χ3n) is 6.31. The Hall–Kier alpha value is -3.97. The predicted molar refractivity (Wildman–Crippen MR) is 153 cm³/mol. The van der Waals surface area contributed by atoms with E-state index in [2.05, 4.69) is 20.6 Å². The molecule has 3 rings (SSSR count). The average Bonchev–Trinajstić information content (AvgIpc) is 3.40. The van der Waals surface area contributed by atoms with Crippen molar-refractivity contribution in [1.29, 1.82) is 0 Å². The van der Waals surface area contributed by atoms with Gasteiger partial charge < -0.3 is 31.8 Å². The van der Waals surface area contributed by atoms with Gasteiger partial charge in [0, 0.05) is 31.7 Å². The van der Waals surface area contributed by atoms with Crippen molar-refractivity contribution in [2.24, 2.45) is 11.5 Å². The maximum atomic E-state index is 12.9. The van der Waals surface area contributed by atoms with E-state index in [1.807, 2.05) is 13.8 Å². The van der Waals surface area contributed by atoms with Gasteiger partial charge in [-0.15, -0.1) is 0 Å². The van der Waals surface area contributed by atoms with Crippen LogP contribution >= 0.6 is 0 Å². The smallest absolute Gasteiger partial charge is 0.332 e. The molecule has 2 aromatic heterocycles. The molecule has 13 nitrogen and oxygen atoms in total. The standard InChI is InChI=1S/C27H40N8O5/c1-3-15-34-24-22(26(38)35(16-4-2)27(34)39)32-23(33-24)18-8-10-19(11-9-18)40-17-21(36)30-13-14-31-25(37)20(29)7-5-6-12-28/h8-11,20H,3-7,12-17,28-29H2,1-2H3,(H,30,36)(H,31,37)(H,32,33). The highest BCUT2D eigenvalue weighted by atomic mass is 16.5. The van der Waals surface area contributed by atoms with Crippen molar-refractivity contribution in [2.75, 3.05) is 26.2 Å². The van der Waals surface area contributed by atoms with E-state index in [0.717, 1.165) is 19.3 Å². The zero-order valence-electron chi connectivity index (χ0n) is 23.2. The Balaban J connectivity index is 1.55. The van der Waals surface area contributed by atoms with E-state index < -0.39 is 6.04 Å². The topological polar surface area (TPSA) is 192 Å². The van der Waals surface area contributed by atoms with Gasteiger partial charge in [-0.2, -0.15) is 0 Å². The summed E-state index contributed by atoms with van der Waals surface area (Å²) in [6.45, 7) is 5.54. The van der Waals surface area contributed by atoms with Crippen LogP contribution in [0.5, 0.6) is 5.75 Å². The molecule has 0 aliphatic carbocycles. The number of aromatic nitrogens is 4. The number of benzene rings is 1. The molecule has 0 radical (unpaired) electrons. The van der Waals surface area contributed by atoms with Crippen molar-refractivity contribution in [3.63, 3.8) is 0 Å². The van der Waals surface area contributed by atoms with Crippen LogP contribution in [-0.4, -0.2) is 63.2 Å². The molecule has 0 saturated carbocycles. The summed E-state index contributed by atoms with van der Waals surface area (Å²) in [6, 6.07) is 6.30. The first-order valence-corrected chi connectivity index (χ1v) is 13.8. The van der Waals surface area contributed by atoms with Crippen LogP contribution in [0.1, 0.15) is 46.0 Å². The second-order valence-electron chi connectivity index (χ2n) is 9.52. The molecule has 13 heteroatoms. The number of fused-ring (bicyclic) bond motifs is 1. The van der Waals surface area contributed by atoms with Crippen LogP contribution in [0, 0.1) is 0 Å². The van der Waals surface area contributed by atoms with E-state index in [9.17, 15) is 19.2 Å². The first-order chi connectivity index (χ1) is 19.3. The molecule has 0 fully saturated rings. The third kappa shape index (κ3) is 7.79. The molecule has 3 aromatic rings.